The van der Waals surface area contributed by atoms with Gasteiger partial charge in [0, 0.05) is 48.4 Å². The summed E-state index contributed by atoms with van der Waals surface area (Å²) < 4.78 is 28.6. The van der Waals surface area contributed by atoms with Gasteiger partial charge in [-0.05, 0) is 36.6 Å². The maximum absolute atomic E-state index is 14.8. The van der Waals surface area contributed by atoms with Crippen molar-refractivity contribution in [2.24, 2.45) is 5.92 Å². The van der Waals surface area contributed by atoms with Crippen LogP contribution in [0.3, 0.4) is 0 Å². The molecule has 0 atom stereocenters. The Labute approximate surface area is 191 Å². The number of H-pyrrole nitrogens is 1. The minimum absolute atomic E-state index is 0.0992. The first-order valence-corrected chi connectivity index (χ1v) is 13.6. The third-order valence-corrected chi connectivity index (χ3v) is 10.1. The van der Waals surface area contributed by atoms with E-state index in [9.17, 15) is 18.5 Å². The number of hydrogen-bond donors (Lipinski definition) is 1. The van der Waals surface area contributed by atoms with E-state index in [0.717, 1.165) is 36.6 Å². The zero-order valence-electron chi connectivity index (χ0n) is 18.4. The third-order valence-electron chi connectivity index (χ3n) is 7.07. The summed E-state index contributed by atoms with van der Waals surface area (Å²) in [6, 6.07) is 12.0. The molecule has 0 unspecified atom stereocenters. The molecule has 3 aromatic rings. The van der Waals surface area contributed by atoms with Gasteiger partial charge in [-0.25, -0.2) is 9.49 Å². The molecule has 1 saturated heterocycles. The molecule has 2 fully saturated rings. The van der Waals surface area contributed by atoms with E-state index in [-0.39, 0.29) is 22.7 Å². The summed E-state index contributed by atoms with van der Waals surface area (Å²) >= 11 is 0. The lowest BCUT2D eigenvalue weighted by Crippen LogP contribution is -2.43. The number of aromatic amines is 1. The predicted octanol–water partition coefficient (Wildman–Crippen LogP) is 3.67. The number of rotatable bonds is 4. The summed E-state index contributed by atoms with van der Waals surface area (Å²) in [6.07, 6.45) is 5.09. The Balaban J connectivity index is 1.37. The zero-order valence-corrected chi connectivity index (χ0v) is 19.3. The van der Waals surface area contributed by atoms with Gasteiger partial charge in [0.15, 0.2) is 0 Å². The minimum Gasteiger partial charge on any atom is -0.342 e. The summed E-state index contributed by atoms with van der Waals surface area (Å²) in [5, 5.41) is 8.30. The van der Waals surface area contributed by atoms with Crippen molar-refractivity contribution < 1.29 is 13.8 Å². The number of carbonyl (C=O) groups excluding carboxylic acids is 1. The maximum Gasteiger partial charge on any atom is 0.272 e. The van der Waals surface area contributed by atoms with E-state index in [0.29, 0.717) is 42.9 Å². The Morgan fingerprint density at radius 2 is 1.79 bits per heavy atom. The van der Waals surface area contributed by atoms with Crippen LogP contribution >= 0.6 is 7.14 Å². The molecular formula is C25H27FN3O3P. The summed E-state index contributed by atoms with van der Waals surface area (Å²) in [5.41, 5.74) is 1.21. The van der Waals surface area contributed by atoms with E-state index < -0.39 is 13.0 Å². The predicted molar refractivity (Wildman–Crippen MR) is 127 cm³/mol. The van der Waals surface area contributed by atoms with Gasteiger partial charge in [0.25, 0.3) is 5.56 Å². The van der Waals surface area contributed by atoms with Crippen molar-refractivity contribution in [3.63, 3.8) is 0 Å². The van der Waals surface area contributed by atoms with Crippen molar-refractivity contribution in [3.05, 3.63) is 69.9 Å². The molecule has 1 aromatic heterocycles. The van der Waals surface area contributed by atoms with E-state index in [1.54, 1.807) is 24.3 Å². The highest BCUT2D eigenvalue weighted by Gasteiger charge is 2.36. The highest BCUT2D eigenvalue weighted by Crippen LogP contribution is 2.47. The lowest BCUT2D eigenvalue weighted by Gasteiger charge is -2.34. The first kappa shape index (κ1) is 22.0. The zero-order chi connectivity index (χ0) is 23.0. The van der Waals surface area contributed by atoms with E-state index in [4.69, 9.17) is 0 Å². The van der Waals surface area contributed by atoms with Crippen LogP contribution in [-0.4, -0.2) is 46.4 Å². The molecule has 2 heterocycles. The number of hydrogen-bond acceptors (Lipinski definition) is 4. The molecule has 0 spiro atoms. The van der Waals surface area contributed by atoms with Gasteiger partial charge in [0.05, 0.1) is 11.1 Å². The molecule has 33 heavy (non-hydrogen) atoms. The van der Waals surface area contributed by atoms with Gasteiger partial charge in [-0.15, -0.1) is 0 Å². The van der Waals surface area contributed by atoms with Crippen molar-refractivity contribution in [2.45, 2.75) is 32.1 Å². The summed E-state index contributed by atoms with van der Waals surface area (Å²) in [7, 11) is -2.95. The van der Waals surface area contributed by atoms with E-state index in [2.05, 4.69) is 10.2 Å². The average Bonchev–Trinajstić information content (AvgIpc) is 3.37. The van der Waals surface area contributed by atoms with Crippen LogP contribution in [-0.2, 0) is 15.8 Å². The molecule has 0 radical (unpaired) electrons. The first-order chi connectivity index (χ1) is 15.9. The Bertz CT molecular complexity index is 1300. The molecule has 0 bridgehead atoms. The molecule has 1 N–H and O–H groups in total. The van der Waals surface area contributed by atoms with Crippen LogP contribution in [0.2, 0.25) is 0 Å². The normalized spacial score (nSPS) is 18.6. The molecule has 1 saturated carbocycles. The van der Waals surface area contributed by atoms with Crippen molar-refractivity contribution in [3.8, 4) is 0 Å². The minimum atomic E-state index is -2.95. The Hall–Kier alpha value is -2.79. The first-order valence-electron chi connectivity index (χ1n) is 11.6. The number of fused-ring (bicyclic) bond motifs is 1. The van der Waals surface area contributed by atoms with Gasteiger partial charge in [-0.1, -0.05) is 37.1 Å². The SMILES string of the molecule is O=C(C1CCCC1)N1CCP(=O)(c2cc(Cc3n[nH]c(=O)c4ccccc34)ccc2F)CC1. The van der Waals surface area contributed by atoms with Crippen LogP contribution in [0.1, 0.15) is 36.9 Å². The van der Waals surface area contributed by atoms with Gasteiger partial charge in [0.2, 0.25) is 5.91 Å². The third kappa shape index (κ3) is 4.26. The average molecular weight is 467 g/mol. The molecule has 1 amide bonds. The van der Waals surface area contributed by atoms with Gasteiger partial charge in [-0.2, -0.15) is 5.10 Å². The summed E-state index contributed by atoms with van der Waals surface area (Å²) in [4.78, 5) is 26.6. The molecule has 8 heteroatoms. The quantitative estimate of drug-likeness (QED) is 0.594. The van der Waals surface area contributed by atoms with Crippen LogP contribution in [0, 0.1) is 11.7 Å². The van der Waals surface area contributed by atoms with Crippen LogP contribution in [0.15, 0.2) is 47.3 Å². The second-order valence-corrected chi connectivity index (χ2v) is 12.3. The number of carbonyl (C=O) groups is 1. The maximum atomic E-state index is 14.8. The van der Waals surface area contributed by atoms with Gasteiger partial charge >= 0.3 is 0 Å². The smallest absolute Gasteiger partial charge is 0.272 e. The molecular weight excluding hydrogens is 440 g/mol. The molecule has 1 aliphatic carbocycles. The van der Waals surface area contributed by atoms with Crippen molar-refractivity contribution in [2.75, 3.05) is 25.4 Å². The second-order valence-electron chi connectivity index (χ2n) is 9.15. The van der Waals surface area contributed by atoms with Gasteiger partial charge in [-0.3, -0.25) is 9.59 Å². The molecule has 172 valence electrons. The summed E-state index contributed by atoms with van der Waals surface area (Å²) in [5.74, 6) is -0.192. The standard InChI is InChI=1S/C25H27FN3O3P/c26-21-10-9-17(15-22-19-7-3-4-8-20(19)24(30)28-27-22)16-23(21)33(32)13-11-29(12-14-33)25(31)18-5-1-2-6-18/h3-4,7-10,16,18H,1-2,5-6,11-15H2,(H,28,30). The van der Waals surface area contributed by atoms with Gasteiger partial charge in [0.1, 0.15) is 13.0 Å². The molecule has 2 aliphatic rings. The summed E-state index contributed by atoms with van der Waals surface area (Å²) in [6.45, 7) is 0.838. The van der Waals surface area contributed by atoms with Crippen molar-refractivity contribution >= 4 is 29.1 Å². The number of aromatic nitrogens is 2. The van der Waals surface area contributed by atoms with E-state index in [1.165, 1.54) is 6.07 Å². The molecule has 6 nitrogen and oxygen atoms in total. The number of nitrogens with one attached hydrogen (secondary N) is 1. The van der Waals surface area contributed by atoms with Crippen molar-refractivity contribution in [1.82, 2.24) is 15.1 Å². The molecule has 1 aliphatic heterocycles. The number of nitrogens with zero attached hydrogens (tertiary/aromatic N) is 2. The van der Waals surface area contributed by atoms with Crippen LogP contribution in [0.4, 0.5) is 4.39 Å². The highest BCUT2D eigenvalue weighted by atomic mass is 31.2. The second kappa shape index (κ2) is 8.86. The van der Waals surface area contributed by atoms with Crippen molar-refractivity contribution in [1.29, 1.82) is 0 Å². The van der Waals surface area contributed by atoms with Crippen LogP contribution in [0.5, 0.6) is 0 Å². The fraction of sp³-hybridized carbons (Fsp3) is 0.400. The number of benzene rings is 2. The molecule has 2 aromatic carbocycles. The van der Waals surface area contributed by atoms with E-state index >= 15 is 0 Å². The lowest BCUT2D eigenvalue weighted by atomic mass is 10.0. The Morgan fingerprint density at radius 3 is 2.52 bits per heavy atom. The van der Waals surface area contributed by atoms with Crippen LogP contribution in [0.25, 0.3) is 10.8 Å². The lowest BCUT2D eigenvalue weighted by molar-refractivity contribution is -0.135. The van der Waals surface area contributed by atoms with Crippen LogP contribution < -0.4 is 10.9 Å². The number of halogens is 1. The molecule has 5 rings (SSSR count). The Kier molecular flexibility index (Phi) is 5.92. The van der Waals surface area contributed by atoms with Gasteiger partial charge < -0.3 is 9.46 Å². The monoisotopic (exact) mass is 467 g/mol. The fourth-order valence-corrected chi connectivity index (χ4v) is 7.86. The van der Waals surface area contributed by atoms with E-state index in [1.807, 2.05) is 17.0 Å². The largest absolute Gasteiger partial charge is 0.342 e. The topological polar surface area (TPSA) is 83.1 Å². The fourth-order valence-electron chi connectivity index (χ4n) is 5.16. The Morgan fingerprint density at radius 1 is 1.09 bits per heavy atom. The number of amides is 1. The highest BCUT2D eigenvalue weighted by molar-refractivity contribution is 7.71.